The van der Waals surface area contributed by atoms with E-state index in [0.29, 0.717) is 0 Å². The first kappa shape index (κ1) is 12.8. The highest BCUT2D eigenvalue weighted by Gasteiger charge is 2.56. The Hall–Kier alpha value is -1.61. The van der Waals surface area contributed by atoms with E-state index < -0.39 is 0 Å². The van der Waals surface area contributed by atoms with Gasteiger partial charge in [-0.15, -0.1) is 0 Å². The minimum Gasteiger partial charge on any atom is -0.350 e. The first-order valence-corrected chi connectivity index (χ1v) is 9.38. The Morgan fingerprint density at radius 2 is 2.04 bits per heavy atom. The van der Waals surface area contributed by atoms with Crippen molar-refractivity contribution in [2.45, 2.75) is 44.2 Å². The van der Waals surface area contributed by atoms with Gasteiger partial charge in [-0.25, -0.2) is 4.58 Å². The molecule has 4 atom stereocenters. The minimum atomic E-state index is 0.720. The SMILES string of the molecule is c1ccc2c3c([nH]c2c1)C1=[N+](CC3)[C@H]2CC[C@@H]1[C@H]1NCCC[C@H]12. The van der Waals surface area contributed by atoms with Crippen molar-refractivity contribution in [3.05, 3.63) is 35.5 Å². The van der Waals surface area contributed by atoms with Crippen molar-refractivity contribution in [2.24, 2.45) is 11.8 Å². The third kappa shape index (κ3) is 1.56. The first-order valence-electron chi connectivity index (χ1n) is 9.38. The van der Waals surface area contributed by atoms with Crippen molar-refractivity contribution < 1.29 is 4.58 Å². The number of piperidine rings is 1. The summed E-state index contributed by atoms with van der Waals surface area (Å²) >= 11 is 0. The van der Waals surface area contributed by atoms with Crippen LogP contribution in [0.5, 0.6) is 0 Å². The van der Waals surface area contributed by atoms with Gasteiger partial charge in [0.2, 0.25) is 5.71 Å². The van der Waals surface area contributed by atoms with Crippen molar-refractivity contribution in [1.29, 1.82) is 0 Å². The number of rotatable bonds is 0. The molecule has 3 nitrogen and oxygen atoms in total. The van der Waals surface area contributed by atoms with E-state index in [2.05, 4.69) is 39.1 Å². The van der Waals surface area contributed by atoms with Crippen LogP contribution in [0.2, 0.25) is 0 Å². The Balaban J connectivity index is 1.58. The third-order valence-electron chi connectivity index (χ3n) is 6.99. The molecule has 3 heteroatoms. The van der Waals surface area contributed by atoms with Gasteiger partial charge in [0.1, 0.15) is 12.2 Å². The van der Waals surface area contributed by atoms with Crippen LogP contribution in [-0.4, -0.2) is 40.4 Å². The van der Waals surface area contributed by atoms with Crippen LogP contribution in [-0.2, 0) is 6.42 Å². The molecule has 4 aliphatic heterocycles. The van der Waals surface area contributed by atoms with Crippen LogP contribution >= 0.6 is 0 Å². The quantitative estimate of drug-likeness (QED) is 0.720. The molecule has 0 spiro atoms. The highest BCUT2D eigenvalue weighted by atomic mass is 15.1. The van der Waals surface area contributed by atoms with Gasteiger partial charge in [0.15, 0.2) is 6.04 Å². The van der Waals surface area contributed by atoms with E-state index in [4.69, 9.17) is 0 Å². The van der Waals surface area contributed by atoms with E-state index in [9.17, 15) is 0 Å². The van der Waals surface area contributed by atoms with E-state index >= 15 is 0 Å². The van der Waals surface area contributed by atoms with Crippen LogP contribution in [0.25, 0.3) is 10.9 Å². The van der Waals surface area contributed by atoms with Crippen molar-refractivity contribution >= 4 is 16.6 Å². The number of hydrogen-bond donors (Lipinski definition) is 2. The molecule has 2 N–H and O–H groups in total. The fraction of sp³-hybridized carbons (Fsp3) is 0.550. The van der Waals surface area contributed by atoms with Crippen molar-refractivity contribution in [3.63, 3.8) is 0 Å². The van der Waals surface area contributed by atoms with Crippen molar-refractivity contribution in [1.82, 2.24) is 10.3 Å². The molecule has 2 fully saturated rings. The number of fused-ring (bicyclic) bond motifs is 4. The van der Waals surface area contributed by atoms with Gasteiger partial charge in [-0.2, -0.15) is 0 Å². The van der Waals surface area contributed by atoms with Gasteiger partial charge in [-0.1, -0.05) is 18.2 Å². The molecule has 1 aromatic heterocycles. The fourth-order valence-corrected chi connectivity index (χ4v) is 6.17. The number of aromatic nitrogens is 1. The third-order valence-corrected chi connectivity index (χ3v) is 6.99. The number of benzene rings is 1. The average Bonchev–Trinajstić information content (AvgIpc) is 3.01. The van der Waals surface area contributed by atoms with Crippen molar-refractivity contribution in [2.75, 3.05) is 13.1 Å². The van der Waals surface area contributed by atoms with Gasteiger partial charge in [-0.3, -0.25) is 0 Å². The molecular formula is C20H24N3+. The predicted octanol–water partition coefficient (Wildman–Crippen LogP) is 2.69. The second-order valence-corrected chi connectivity index (χ2v) is 7.89. The van der Waals surface area contributed by atoms with Crippen LogP contribution in [0.1, 0.15) is 36.9 Å². The van der Waals surface area contributed by atoms with Crippen LogP contribution in [0.15, 0.2) is 24.3 Å². The zero-order chi connectivity index (χ0) is 15.0. The summed E-state index contributed by atoms with van der Waals surface area (Å²) in [6.45, 7) is 2.45. The maximum atomic E-state index is 3.89. The molecule has 2 bridgehead atoms. The number of aromatic amines is 1. The number of H-pyrrole nitrogens is 1. The lowest BCUT2D eigenvalue weighted by Gasteiger charge is -2.49. The predicted molar refractivity (Wildman–Crippen MR) is 92.3 cm³/mol. The van der Waals surface area contributed by atoms with Crippen LogP contribution < -0.4 is 5.32 Å². The van der Waals surface area contributed by atoms with Gasteiger partial charge in [0, 0.05) is 35.7 Å². The Kier molecular flexibility index (Phi) is 2.48. The Morgan fingerprint density at radius 1 is 1.09 bits per heavy atom. The lowest BCUT2D eigenvalue weighted by Crippen LogP contribution is -2.65. The zero-order valence-corrected chi connectivity index (χ0v) is 13.5. The van der Waals surface area contributed by atoms with Crippen LogP contribution in [0, 0.1) is 11.8 Å². The van der Waals surface area contributed by atoms with E-state index in [1.54, 1.807) is 11.3 Å². The lowest BCUT2D eigenvalue weighted by atomic mass is 9.64. The molecule has 1 aliphatic carbocycles. The molecular weight excluding hydrogens is 282 g/mol. The zero-order valence-electron chi connectivity index (χ0n) is 13.5. The molecule has 2 aromatic rings. The van der Waals surface area contributed by atoms with Gasteiger partial charge in [0.05, 0.1) is 5.92 Å². The maximum absolute atomic E-state index is 3.89. The summed E-state index contributed by atoms with van der Waals surface area (Å²) in [5.41, 5.74) is 6.01. The second kappa shape index (κ2) is 4.47. The molecule has 7 rings (SSSR count). The first-order chi connectivity index (χ1) is 11.4. The number of hydrogen-bond acceptors (Lipinski definition) is 1. The van der Waals surface area contributed by atoms with E-state index in [0.717, 1.165) is 23.9 Å². The Bertz CT molecular complexity index is 831. The summed E-state index contributed by atoms with van der Waals surface area (Å²) in [7, 11) is 0. The Morgan fingerprint density at radius 3 is 3.04 bits per heavy atom. The summed E-state index contributed by atoms with van der Waals surface area (Å²) in [5, 5.41) is 5.34. The molecule has 0 unspecified atom stereocenters. The number of para-hydroxylation sites is 1. The highest BCUT2D eigenvalue weighted by molar-refractivity contribution is 6.05. The summed E-state index contributed by atoms with van der Waals surface area (Å²) in [4.78, 5) is 3.79. The van der Waals surface area contributed by atoms with E-state index in [-0.39, 0.29) is 0 Å². The molecule has 1 aromatic carbocycles. The lowest BCUT2D eigenvalue weighted by molar-refractivity contribution is -0.592. The second-order valence-electron chi connectivity index (χ2n) is 7.89. The van der Waals surface area contributed by atoms with Crippen LogP contribution in [0.4, 0.5) is 0 Å². The maximum Gasteiger partial charge on any atom is 0.204 e. The summed E-state index contributed by atoms with van der Waals surface area (Å²) in [6, 6.07) is 10.4. The molecule has 5 heterocycles. The highest BCUT2D eigenvalue weighted by Crippen LogP contribution is 2.44. The topological polar surface area (TPSA) is 30.8 Å². The van der Waals surface area contributed by atoms with E-state index in [1.807, 2.05) is 0 Å². The normalized spacial score (nSPS) is 35.1. The molecule has 0 radical (unpaired) electrons. The number of nitrogens with one attached hydrogen (secondary N) is 2. The number of nitrogens with zero attached hydrogens (tertiary/aromatic N) is 1. The fourth-order valence-electron chi connectivity index (χ4n) is 6.17. The van der Waals surface area contributed by atoms with Gasteiger partial charge >= 0.3 is 0 Å². The molecule has 23 heavy (non-hydrogen) atoms. The molecule has 0 amide bonds. The average molecular weight is 306 g/mol. The molecule has 118 valence electrons. The van der Waals surface area contributed by atoms with Crippen molar-refractivity contribution in [3.8, 4) is 0 Å². The largest absolute Gasteiger partial charge is 0.350 e. The molecule has 5 aliphatic rings. The van der Waals surface area contributed by atoms with Crippen LogP contribution in [0.3, 0.4) is 0 Å². The van der Waals surface area contributed by atoms with E-state index in [1.165, 1.54) is 61.8 Å². The Labute approximate surface area is 136 Å². The smallest absolute Gasteiger partial charge is 0.204 e. The monoisotopic (exact) mass is 306 g/mol. The minimum absolute atomic E-state index is 0.720. The summed E-state index contributed by atoms with van der Waals surface area (Å²) in [6.07, 6.45) is 6.79. The summed E-state index contributed by atoms with van der Waals surface area (Å²) in [5.74, 6) is 1.61. The van der Waals surface area contributed by atoms with Gasteiger partial charge < -0.3 is 10.3 Å². The van der Waals surface area contributed by atoms with Gasteiger partial charge in [0.25, 0.3) is 0 Å². The summed E-state index contributed by atoms with van der Waals surface area (Å²) < 4.78 is 2.81. The standard InChI is InChI=1S/C20H23N3/c1-2-6-16-12(4-1)13-9-11-23-17-8-7-15(20(23)19(13)22-16)18-14(17)5-3-10-21-18/h1-2,4,6,14-15,17-18,21H,3,5,7-11H2/p+1/t14-,15+,17-,18-/m0/s1. The molecule has 1 saturated heterocycles. The van der Waals surface area contributed by atoms with Gasteiger partial charge in [-0.05, 0) is 37.4 Å². The molecule has 1 saturated carbocycles.